The summed E-state index contributed by atoms with van der Waals surface area (Å²) in [4.78, 5) is 18.0. The molecule has 2 rings (SSSR count). The fraction of sp³-hybridized carbons (Fsp3) is 0.565. The van der Waals surface area contributed by atoms with Crippen LogP contribution in [0, 0.1) is 5.41 Å². The number of nitrogens with one attached hydrogen (secondary N) is 1. The van der Waals surface area contributed by atoms with Crippen molar-refractivity contribution in [1.82, 2.24) is 5.32 Å². The molecule has 0 aromatic rings. The smallest absolute Gasteiger partial charge is 0.331 e. The third-order valence-corrected chi connectivity index (χ3v) is 5.63. The van der Waals surface area contributed by atoms with Crippen molar-refractivity contribution in [3.05, 3.63) is 46.9 Å². The third kappa shape index (κ3) is 7.42. The summed E-state index contributed by atoms with van der Waals surface area (Å²) in [5, 5.41) is 3.53. The minimum absolute atomic E-state index is 0.0801. The largest absolute Gasteiger partial charge is 0.497 e. The zero-order chi connectivity index (χ0) is 22.0. The zero-order valence-electron chi connectivity index (χ0n) is 18.9. The summed E-state index contributed by atoms with van der Waals surface area (Å²) in [6.45, 7) is 16.4. The van der Waals surface area contributed by atoms with Crippen LogP contribution in [-0.2, 0) is 14.3 Å². The molecule has 0 aromatic carbocycles. The maximum absolute atomic E-state index is 12.1. The summed E-state index contributed by atoms with van der Waals surface area (Å²) < 4.78 is 10.4. The van der Waals surface area contributed by atoms with Crippen molar-refractivity contribution < 1.29 is 14.3 Å². The average molecular weight is 421 g/mol. The molecule has 1 aliphatic carbocycles. The van der Waals surface area contributed by atoms with Gasteiger partial charge in [0, 0.05) is 22.1 Å². The summed E-state index contributed by atoms with van der Waals surface area (Å²) >= 11 is 1.70. The van der Waals surface area contributed by atoms with Crippen molar-refractivity contribution in [2.75, 3.05) is 19.5 Å². The Morgan fingerprint density at radius 2 is 2.03 bits per heavy atom. The predicted octanol–water partition coefficient (Wildman–Crippen LogP) is 5.37. The molecule has 0 radical (unpaired) electrons. The van der Waals surface area contributed by atoms with Gasteiger partial charge in [-0.25, -0.2) is 4.79 Å². The van der Waals surface area contributed by atoms with Gasteiger partial charge >= 0.3 is 5.97 Å². The Morgan fingerprint density at radius 1 is 1.34 bits per heavy atom. The van der Waals surface area contributed by atoms with E-state index in [-0.39, 0.29) is 11.4 Å². The molecule has 1 heterocycles. The van der Waals surface area contributed by atoms with E-state index in [1.165, 1.54) is 4.91 Å². The lowest BCUT2D eigenvalue weighted by Gasteiger charge is -2.36. The van der Waals surface area contributed by atoms with Crippen LogP contribution in [0.5, 0.6) is 0 Å². The first-order valence-corrected chi connectivity index (χ1v) is 11.2. The van der Waals surface area contributed by atoms with E-state index in [1.54, 1.807) is 24.9 Å². The van der Waals surface area contributed by atoms with E-state index in [1.807, 2.05) is 39.8 Å². The van der Waals surface area contributed by atoms with Crippen LogP contribution in [0.4, 0.5) is 0 Å². The van der Waals surface area contributed by atoms with Crippen molar-refractivity contribution in [3.8, 4) is 0 Å². The number of carbonyl (C=O) groups is 1. The average Bonchev–Trinajstić information content (AvgIpc) is 2.69. The van der Waals surface area contributed by atoms with Gasteiger partial charge in [-0.1, -0.05) is 34.3 Å². The normalized spacial score (nSPS) is 21.2. The highest BCUT2D eigenvalue weighted by molar-refractivity contribution is 8.04. The number of fused-ring (bicyclic) bond motifs is 1. The Hall–Kier alpha value is -1.95. The van der Waals surface area contributed by atoms with E-state index >= 15 is 0 Å². The van der Waals surface area contributed by atoms with Crippen LogP contribution in [0.25, 0.3) is 0 Å². The number of aliphatic imine (C=N–C) groups is 1. The van der Waals surface area contributed by atoms with Crippen LogP contribution >= 0.6 is 11.8 Å². The molecular weight excluding hydrogens is 384 g/mol. The van der Waals surface area contributed by atoms with Gasteiger partial charge in [0.1, 0.15) is 5.76 Å². The van der Waals surface area contributed by atoms with Gasteiger partial charge < -0.3 is 14.8 Å². The molecule has 0 spiro atoms. The number of hydrogen-bond donors (Lipinski definition) is 1. The lowest BCUT2D eigenvalue weighted by Crippen LogP contribution is -2.36. The van der Waals surface area contributed by atoms with Crippen molar-refractivity contribution in [1.29, 1.82) is 0 Å². The first-order chi connectivity index (χ1) is 13.8. The first kappa shape index (κ1) is 25.1. The van der Waals surface area contributed by atoms with Gasteiger partial charge in [0.05, 0.1) is 19.4 Å². The summed E-state index contributed by atoms with van der Waals surface area (Å²) in [6.07, 6.45) is 7.33. The molecule has 0 amide bonds. The molecule has 0 fully saturated rings. The van der Waals surface area contributed by atoms with Gasteiger partial charge in [-0.2, -0.15) is 0 Å². The van der Waals surface area contributed by atoms with Crippen LogP contribution in [0.3, 0.4) is 0 Å². The van der Waals surface area contributed by atoms with E-state index in [2.05, 4.69) is 25.7 Å². The number of hydrogen-bond acceptors (Lipinski definition) is 6. The van der Waals surface area contributed by atoms with Crippen LogP contribution in [-0.4, -0.2) is 37.2 Å². The van der Waals surface area contributed by atoms with Crippen LogP contribution in [0.1, 0.15) is 54.4 Å². The van der Waals surface area contributed by atoms with Crippen molar-refractivity contribution in [3.63, 3.8) is 0 Å². The fourth-order valence-electron chi connectivity index (χ4n) is 3.16. The Balaban J connectivity index is 0.00000204. The van der Waals surface area contributed by atoms with E-state index < -0.39 is 6.04 Å². The number of carbonyl (C=O) groups excluding carboxylic acids is 1. The van der Waals surface area contributed by atoms with E-state index in [4.69, 9.17) is 14.5 Å². The second kappa shape index (κ2) is 11.9. The molecule has 0 aromatic heterocycles. The molecule has 162 valence electrons. The molecule has 6 heteroatoms. The maximum atomic E-state index is 12.1. The second-order valence-corrected chi connectivity index (χ2v) is 8.46. The number of methoxy groups -OCH3 is 1. The van der Waals surface area contributed by atoms with E-state index in [9.17, 15) is 4.79 Å². The lowest BCUT2D eigenvalue weighted by molar-refractivity contribution is -0.143. The molecule has 1 atom stereocenters. The number of allylic oxidation sites excluding steroid dienone is 6. The quantitative estimate of drug-likeness (QED) is 0.341. The zero-order valence-corrected chi connectivity index (χ0v) is 19.7. The van der Waals surface area contributed by atoms with Crippen LogP contribution < -0.4 is 5.32 Å². The maximum Gasteiger partial charge on any atom is 0.331 e. The lowest BCUT2D eigenvalue weighted by atomic mass is 9.78. The third-order valence-electron chi connectivity index (χ3n) is 4.38. The van der Waals surface area contributed by atoms with Crippen molar-refractivity contribution >= 4 is 23.4 Å². The van der Waals surface area contributed by atoms with Crippen LogP contribution in [0.2, 0.25) is 0 Å². The summed E-state index contributed by atoms with van der Waals surface area (Å²) in [5.74, 6) is 1.10. The first-order valence-electron chi connectivity index (χ1n) is 10.2. The molecule has 0 saturated heterocycles. The number of ether oxygens (including phenoxy) is 2. The Morgan fingerprint density at radius 3 is 2.62 bits per heavy atom. The molecular formula is C23H36N2O3S. The molecule has 1 N–H and O–H groups in total. The fourth-order valence-corrected chi connectivity index (χ4v) is 4.28. The van der Waals surface area contributed by atoms with Crippen LogP contribution in [0.15, 0.2) is 51.9 Å². The molecule has 2 aliphatic rings. The molecule has 0 saturated carbocycles. The van der Waals surface area contributed by atoms with Gasteiger partial charge in [0.2, 0.25) is 0 Å². The Labute approximate surface area is 180 Å². The Kier molecular flexibility index (Phi) is 10.3. The highest BCUT2D eigenvalue weighted by atomic mass is 32.2. The number of nitrogens with zero attached hydrogens (tertiary/aromatic N) is 1. The van der Waals surface area contributed by atoms with Gasteiger partial charge in [-0.3, -0.25) is 4.99 Å². The van der Waals surface area contributed by atoms with Crippen molar-refractivity contribution in [2.24, 2.45) is 10.4 Å². The second-order valence-electron chi connectivity index (χ2n) is 7.43. The summed E-state index contributed by atoms with van der Waals surface area (Å²) in [6, 6.07) is -0.403. The van der Waals surface area contributed by atoms with E-state index in [0.29, 0.717) is 18.1 Å². The highest BCUT2D eigenvalue weighted by Gasteiger charge is 2.36. The Bertz CT molecular complexity index is 718. The number of rotatable bonds is 7. The van der Waals surface area contributed by atoms with Gasteiger partial charge in [-0.05, 0) is 50.3 Å². The highest BCUT2D eigenvalue weighted by Crippen LogP contribution is 2.42. The predicted molar refractivity (Wildman–Crippen MR) is 124 cm³/mol. The standard InChI is InChI=1S/C21H30N2O3S.C2H6/c1-7-15(25-6)10-9-14(3)22-16-11-21(4,5)12-17-19(16)27-13-18(23-17)20(24)26-8-2;1-2/h7,9-10,18,22H,1,8,11-13H2,2-6H3;1-2H3/b14-9+,15-10+;. The molecule has 29 heavy (non-hydrogen) atoms. The molecule has 1 aliphatic heterocycles. The van der Waals surface area contributed by atoms with Gasteiger partial charge in [0.15, 0.2) is 6.04 Å². The number of thioether (sulfide) groups is 1. The molecule has 1 unspecified atom stereocenters. The molecule has 0 bridgehead atoms. The summed E-state index contributed by atoms with van der Waals surface area (Å²) in [5.41, 5.74) is 3.27. The number of esters is 1. The van der Waals surface area contributed by atoms with Gasteiger partial charge in [0.25, 0.3) is 0 Å². The van der Waals surface area contributed by atoms with E-state index in [0.717, 1.165) is 29.9 Å². The SMILES string of the molecule is C=C/C(=C\C=C(/C)NC1=C2SCC(C(=O)OCC)N=C2CC(C)(C)C1)OC.CC. The minimum atomic E-state index is -0.403. The summed E-state index contributed by atoms with van der Waals surface area (Å²) in [7, 11) is 1.62. The topological polar surface area (TPSA) is 59.9 Å². The van der Waals surface area contributed by atoms with Crippen molar-refractivity contribution in [2.45, 2.75) is 60.4 Å². The molecule has 5 nitrogen and oxygen atoms in total. The minimum Gasteiger partial charge on any atom is -0.497 e. The monoisotopic (exact) mass is 420 g/mol. The van der Waals surface area contributed by atoms with Gasteiger partial charge in [-0.15, -0.1) is 11.8 Å².